The summed E-state index contributed by atoms with van der Waals surface area (Å²) in [6.07, 6.45) is 0.370. The maximum absolute atomic E-state index is 10.7. The molecule has 5 nitrogen and oxygen atoms in total. The second-order valence-electron chi connectivity index (χ2n) is 3.85. The number of carboxylic acid groups (broad SMARTS) is 1. The normalized spacial score (nSPS) is 12.8. The van der Waals surface area contributed by atoms with Gasteiger partial charge in [-0.3, -0.25) is 9.89 Å². The second kappa shape index (κ2) is 3.84. The standard InChI is InChI=1S/C11H12N2O3/c1-6(11(15)16)4-10-8-5-7(14)2-3-9(8)12-13-10/h2-3,5-6,14H,4H2,1H3,(H,12,13)(H,15,16). The third-order valence-electron chi connectivity index (χ3n) is 2.55. The third-order valence-corrected chi connectivity index (χ3v) is 2.55. The highest BCUT2D eigenvalue weighted by molar-refractivity contribution is 5.83. The Hall–Kier alpha value is -2.04. The third kappa shape index (κ3) is 1.84. The molecule has 0 amide bonds. The molecule has 16 heavy (non-hydrogen) atoms. The van der Waals surface area contributed by atoms with Gasteiger partial charge in [-0.15, -0.1) is 0 Å². The Labute approximate surface area is 91.7 Å². The van der Waals surface area contributed by atoms with Gasteiger partial charge in [-0.1, -0.05) is 6.92 Å². The van der Waals surface area contributed by atoms with E-state index in [2.05, 4.69) is 10.2 Å². The van der Waals surface area contributed by atoms with Crippen LogP contribution in [0.2, 0.25) is 0 Å². The number of aromatic hydroxyl groups is 1. The molecule has 0 aliphatic rings. The van der Waals surface area contributed by atoms with Crippen molar-refractivity contribution in [3.8, 4) is 5.75 Å². The highest BCUT2D eigenvalue weighted by Crippen LogP contribution is 2.22. The summed E-state index contributed by atoms with van der Waals surface area (Å²) in [5, 5.41) is 25.8. The number of hydrogen-bond donors (Lipinski definition) is 3. The number of hydrogen-bond acceptors (Lipinski definition) is 3. The van der Waals surface area contributed by atoms with Gasteiger partial charge >= 0.3 is 5.97 Å². The van der Waals surface area contributed by atoms with Gasteiger partial charge in [0.15, 0.2) is 0 Å². The summed E-state index contributed by atoms with van der Waals surface area (Å²) in [6, 6.07) is 4.83. The minimum absolute atomic E-state index is 0.151. The molecule has 5 heteroatoms. The van der Waals surface area contributed by atoms with Gasteiger partial charge in [0.2, 0.25) is 0 Å². The van der Waals surface area contributed by atoms with Gasteiger partial charge in [0.1, 0.15) is 5.75 Å². The van der Waals surface area contributed by atoms with E-state index in [0.717, 1.165) is 16.6 Å². The van der Waals surface area contributed by atoms with Gasteiger partial charge < -0.3 is 10.2 Å². The lowest BCUT2D eigenvalue weighted by Gasteiger charge is -2.03. The Bertz CT molecular complexity index is 533. The molecule has 2 aromatic rings. The lowest BCUT2D eigenvalue weighted by Crippen LogP contribution is -2.12. The van der Waals surface area contributed by atoms with Crippen molar-refractivity contribution >= 4 is 16.9 Å². The van der Waals surface area contributed by atoms with E-state index in [1.807, 2.05) is 0 Å². The van der Waals surface area contributed by atoms with Crippen LogP contribution in [0.15, 0.2) is 18.2 Å². The molecule has 0 bridgehead atoms. The van der Waals surface area contributed by atoms with Gasteiger partial charge in [0.05, 0.1) is 11.4 Å². The van der Waals surface area contributed by atoms with Crippen LogP contribution in [-0.2, 0) is 11.2 Å². The molecule has 0 fully saturated rings. The Morgan fingerprint density at radius 2 is 2.31 bits per heavy atom. The number of aliphatic carboxylic acids is 1. The molecular weight excluding hydrogens is 208 g/mol. The van der Waals surface area contributed by atoms with E-state index in [0.29, 0.717) is 6.42 Å². The highest BCUT2D eigenvalue weighted by atomic mass is 16.4. The summed E-state index contributed by atoms with van der Waals surface area (Å²) in [6.45, 7) is 1.64. The van der Waals surface area contributed by atoms with Crippen molar-refractivity contribution in [2.24, 2.45) is 5.92 Å². The fourth-order valence-electron chi connectivity index (χ4n) is 1.60. The van der Waals surface area contributed by atoms with Gasteiger partial charge in [-0.25, -0.2) is 0 Å². The molecule has 0 aliphatic heterocycles. The summed E-state index contributed by atoms with van der Waals surface area (Å²) in [7, 11) is 0. The molecule has 2 rings (SSSR count). The Morgan fingerprint density at radius 1 is 1.56 bits per heavy atom. The zero-order chi connectivity index (χ0) is 11.7. The number of fused-ring (bicyclic) bond motifs is 1. The first-order valence-corrected chi connectivity index (χ1v) is 4.96. The molecule has 1 heterocycles. The minimum Gasteiger partial charge on any atom is -0.508 e. The van der Waals surface area contributed by atoms with Crippen molar-refractivity contribution in [2.75, 3.05) is 0 Å². The second-order valence-corrected chi connectivity index (χ2v) is 3.85. The fourth-order valence-corrected chi connectivity index (χ4v) is 1.60. The predicted molar refractivity (Wildman–Crippen MR) is 58.3 cm³/mol. The maximum atomic E-state index is 10.7. The van der Waals surface area contributed by atoms with Crippen LogP contribution in [0.25, 0.3) is 10.9 Å². The van der Waals surface area contributed by atoms with Gasteiger partial charge in [-0.05, 0) is 18.2 Å². The number of aromatic nitrogens is 2. The van der Waals surface area contributed by atoms with Crippen molar-refractivity contribution in [3.05, 3.63) is 23.9 Å². The van der Waals surface area contributed by atoms with Gasteiger partial charge in [0, 0.05) is 17.5 Å². The zero-order valence-corrected chi connectivity index (χ0v) is 8.77. The van der Waals surface area contributed by atoms with Crippen LogP contribution in [0.3, 0.4) is 0 Å². The molecule has 0 aliphatic carbocycles. The number of nitrogens with zero attached hydrogens (tertiary/aromatic N) is 1. The van der Waals surface area contributed by atoms with E-state index < -0.39 is 11.9 Å². The molecule has 1 aromatic carbocycles. The molecule has 84 valence electrons. The summed E-state index contributed by atoms with van der Waals surface area (Å²) >= 11 is 0. The molecule has 0 spiro atoms. The number of benzene rings is 1. The fraction of sp³-hybridized carbons (Fsp3) is 0.273. The van der Waals surface area contributed by atoms with Crippen molar-refractivity contribution in [1.82, 2.24) is 10.2 Å². The van der Waals surface area contributed by atoms with Crippen molar-refractivity contribution in [3.63, 3.8) is 0 Å². The maximum Gasteiger partial charge on any atom is 0.306 e. The van der Waals surface area contributed by atoms with Crippen LogP contribution in [0.4, 0.5) is 0 Å². The van der Waals surface area contributed by atoms with Crippen LogP contribution in [0.1, 0.15) is 12.6 Å². The largest absolute Gasteiger partial charge is 0.508 e. The van der Waals surface area contributed by atoms with E-state index in [4.69, 9.17) is 5.11 Å². The first-order valence-electron chi connectivity index (χ1n) is 4.96. The van der Waals surface area contributed by atoms with Gasteiger partial charge in [-0.2, -0.15) is 5.10 Å². The highest BCUT2D eigenvalue weighted by Gasteiger charge is 2.15. The predicted octanol–water partition coefficient (Wildman–Crippen LogP) is 1.53. The number of carboxylic acids is 1. The Kier molecular flexibility index (Phi) is 2.52. The molecule has 3 N–H and O–H groups in total. The number of nitrogens with one attached hydrogen (secondary N) is 1. The number of phenols is 1. The van der Waals surface area contributed by atoms with E-state index in [-0.39, 0.29) is 5.75 Å². The molecular formula is C11H12N2O3. The average Bonchev–Trinajstić information content (AvgIpc) is 2.61. The van der Waals surface area contributed by atoms with E-state index >= 15 is 0 Å². The molecule has 0 saturated heterocycles. The lowest BCUT2D eigenvalue weighted by molar-refractivity contribution is -0.141. The molecule has 1 unspecified atom stereocenters. The van der Waals surface area contributed by atoms with Crippen LogP contribution in [0.5, 0.6) is 5.75 Å². The van der Waals surface area contributed by atoms with Crippen molar-refractivity contribution in [2.45, 2.75) is 13.3 Å². The SMILES string of the molecule is CC(Cc1[nH]nc2ccc(O)cc12)C(=O)O. The van der Waals surface area contributed by atoms with Crippen molar-refractivity contribution in [1.29, 1.82) is 0 Å². The Balaban J connectivity index is 2.37. The Morgan fingerprint density at radius 3 is 3.00 bits per heavy atom. The van der Waals surface area contributed by atoms with E-state index in [1.54, 1.807) is 25.1 Å². The molecule has 0 radical (unpaired) electrons. The quantitative estimate of drug-likeness (QED) is 0.732. The molecule has 0 saturated carbocycles. The van der Waals surface area contributed by atoms with Crippen LogP contribution in [0, 0.1) is 5.92 Å². The number of aromatic amines is 1. The number of rotatable bonds is 3. The lowest BCUT2D eigenvalue weighted by atomic mass is 10.0. The summed E-state index contributed by atoms with van der Waals surface area (Å²) < 4.78 is 0. The number of H-pyrrole nitrogens is 1. The van der Waals surface area contributed by atoms with Crippen LogP contribution >= 0.6 is 0 Å². The topological polar surface area (TPSA) is 86.2 Å². The average molecular weight is 220 g/mol. The zero-order valence-electron chi connectivity index (χ0n) is 8.77. The number of phenolic OH excluding ortho intramolecular Hbond substituents is 1. The van der Waals surface area contributed by atoms with Gasteiger partial charge in [0.25, 0.3) is 0 Å². The minimum atomic E-state index is -0.845. The first-order chi connectivity index (χ1) is 7.58. The molecule has 1 aromatic heterocycles. The summed E-state index contributed by atoms with van der Waals surface area (Å²) in [5.41, 5.74) is 1.46. The van der Waals surface area contributed by atoms with E-state index in [9.17, 15) is 9.90 Å². The number of carbonyl (C=O) groups is 1. The summed E-state index contributed by atoms with van der Waals surface area (Å²) in [4.78, 5) is 10.7. The monoisotopic (exact) mass is 220 g/mol. The summed E-state index contributed by atoms with van der Waals surface area (Å²) in [5.74, 6) is -1.17. The molecule has 1 atom stereocenters. The smallest absolute Gasteiger partial charge is 0.306 e. The van der Waals surface area contributed by atoms with Crippen LogP contribution < -0.4 is 0 Å². The van der Waals surface area contributed by atoms with E-state index in [1.165, 1.54) is 0 Å². The van der Waals surface area contributed by atoms with Crippen molar-refractivity contribution < 1.29 is 15.0 Å². The first kappa shape index (κ1) is 10.5. The van der Waals surface area contributed by atoms with Crippen LogP contribution in [-0.4, -0.2) is 26.4 Å².